The molecule has 1 aliphatic rings. The first-order valence-electron chi connectivity index (χ1n) is 6.21. The van der Waals surface area contributed by atoms with E-state index < -0.39 is 24.1 Å². The second kappa shape index (κ2) is 5.72. The molecule has 0 bridgehead atoms. The summed E-state index contributed by atoms with van der Waals surface area (Å²) in [6, 6.07) is 7.19. The van der Waals surface area contributed by atoms with Crippen LogP contribution < -0.4 is 5.32 Å². The summed E-state index contributed by atoms with van der Waals surface area (Å²) >= 11 is 0. The minimum absolute atomic E-state index is 0.312. The van der Waals surface area contributed by atoms with Gasteiger partial charge in [-0.15, -0.1) is 0 Å². The largest absolute Gasteiger partial charge is 0.479 e. The zero-order valence-corrected chi connectivity index (χ0v) is 10.9. The minimum atomic E-state index is -1.06. The van der Waals surface area contributed by atoms with Crippen LogP contribution in [-0.2, 0) is 14.3 Å². The summed E-state index contributed by atoms with van der Waals surface area (Å²) in [6.07, 6.45) is -1.05. The third-order valence-electron chi connectivity index (χ3n) is 3.23. The van der Waals surface area contributed by atoms with Crippen molar-refractivity contribution in [3.63, 3.8) is 0 Å². The number of benzene rings is 1. The van der Waals surface area contributed by atoms with E-state index in [1.807, 2.05) is 6.07 Å². The van der Waals surface area contributed by atoms with E-state index in [4.69, 9.17) is 15.1 Å². The Morgan fingerprint density at radius 2 is 2.10 bits per heavy atom. The molecule has 1 amide bonds. The van der Waals surface area contributed by atoms with E-state index in [1.54, 1.807) is 25.1 Å². The van der Waals surface area contributed by atoms with Crippen LogP contribution in [0.5, 0.6) is 0 Å². The number of amides is 1. The summed E-state index contributed by atoms with van der Waals surface area (Å²) in [5.41, 5.74) is 1.58. The number of carboxylic acids is 1. The molecule has 0 aliphatic carbocycles. The van der Waals surface area contributed by atoms with Crippen molar-refractivity contribution in [2.45, 2.75) is 32.0 Å². The number of nitrogens with one attached hydrogen (secondary N) is 1. The summed E-state index contributed by atoms with van der Waals surface area (Å²) in [6.45, 7) is 1.78. The molecular formula is C14H14N2O4. The number of carboxylic acid groups (broad SMARTS) is 1. The Kier molecular flexibility index (Phi) is 4.01. The third-order valence-corrected chi connectivity index (χ3v) is 3.23. The molecule has 1 aromatic rings. The van der Waals surface area contributed by atoms with Crippen LogP contribution in [0.4, 0.5) is 5.69 Å². The van der Waals surface area contributed by atoms with Gasteiger partial charge in [-0.05, 0) is 31.4 Å². The first-order chi connectivity index (χ1) is 9.52. The second-order valence-electron chi connectivity index (χ2n) is 4.63. The van der Waals surface area contributed by atoms with E-state index in [9.17, 15) is 9.59 Å². The lowest BCUT2D eigenvalue weighted by Gasteiger charge is -2.13. The van der Waals surface area contributed by atoms with Crippen molar-refractivity contribution in [3.05, 3.63) is 29.3 Å². The predicted octanol–water partition coefficient (Wildman–Crippen LogP) is 1.44. The molecule has 1 saturated heterocycles. The van der Waals surface area contributed by atoms with Gasteiger partial charge in [0.05, 0.1) is 11.3 Å². The van der Waals surface area contributed by atoms with Crippen LogP contribution in [0.1, 0.15) is 24.0 Å². The average Bonchev–Trinajstić information content (AvgIpc) is 2.89. The standard InChI is InChI=1S/C14H14N2O4/c1-8-3-2-4-10(9(8)7-15)16-13(17)11-5-6-12(20-11)14(18)19/h2-4,11-12H,5-6H2,1H3,(H,16,17)(H,18,19)/t11-,12+/m0/s1. The van der Waals surface area contributed by atoms with Gasteiger partial charge in [0.1, 0.15) is 12.2 Å². The maximum atomic E-state index is 12.0. The maximum Gasteiger partial charge on any atom is 0.332 e. The molecule has 6 nitrogen and oxygen atoms in total. The van der Waals surface area contributed by atoms with E-state index in [0.717, 1.165) is 5.56 Å². The van der Waals surface area contributed by atoms with Gasteiger partial charge in [-0.2, -0.15) is 5.26 Å². The topological polar surface area (TPSA) is 99.4 Å². The van der Waals surface area contributed by atoms with Crippen molar-refractivity contribution in [3.8, 4) is 6.07 Å². The van der Waals surface area contributed by atoms with Gasteiger partial charge in [0.15, 0.2) is 6.10 Å². The SMILES string of the molecule is Cc1cccc(NC(=O)[C@@H]2CC[C@H](C(=O)O)O2)c1C#N. The zero-order valence-electron chi connectivity index (χ0n) is 10.9. The molecule has 2 rings (SSSR count). The van der Waals surface area contributed by atoms with Crippen LogP contribution in [0.3, 0.4) is 0 Å². The number of carbonyl (C=O) groups excluding carboxylic acids is 1. The maximum absolute atomic E-state index is 12.0. The fourth-order valence-electron chi connectivity index (χ4n) is 2.15. The van der Waals surface area contributed by atoms with Crippen LogP contribution in [0.2, 0.25) is 0 Å². The molecule has 0 radical (unpaired) electrons. The van der Waals surface area contributed by atoms with Crippen LogP contribution in [-0.4, -0.2) is 29.2 Å². The van der Waals surface area contributed by atoms with Gasteiger partial charge in [0.2, 0.25) is 0 Å². The van der Waals surface area contributed by atoms with E-state index in [0.29, 0.717) is 24.1 Å². The predicted molar refractivity (Wildman–Crippen MR) is 70.1 cm³/mol. The summed E-state index contributed by atoms with van der Waals surface area (Å²) in [5.74, 6) is -1.48. The van der Waals surface area contributed by atoms with Crippen molar-refractivity contribution >= 4 is 17.6 Å². The number of aryl methyl sites for hydroxylation is 1. The molecule has 1 aromatic carbocycles. The number of rotatable bonds is 3. The van der Waals surface area contributed by atoms with E-state index in [2.05, 4.69) is 5.32 Å². The fourth-order valence-corrected chi connectivity index (χ4v) is 2.15. The van der Waals surface area contributed by atoms with Crippen molar-refractivity contribution in [1.29, 1.82) is 5.26 Å². The van der Waals surface area contributed by atoms with Gasteiger partial charge < -0.3 is 15.2 Å². The molecule has 104 valence electrons. The Hall–Kier alpha value is -2.39. The number of carbonyl (C=O) groups is 2. The van der Waals surface area contributed by atoms with Gasteiger partial charge in [-0.1, -0.05) is 12.1 Å². The lowest BCUT2D eigenvalue weighted by molar-refractivity contribution is -0.150. The summed E-state index contributed by atoms with van der Waals surface area (Å²) in [5, 5.41) is 20.5. The minimum Gasteiger partial charge on any atom is -0.479 e. The van der Waals surface area contributed by atoms with Crippen molar-refractivity contribution in [2.24, 2.45) is 0 Å². The number of ether oxygens (including phenoxy) is 1. The van der Waals surface area contributed by atoms with Crippen LogP contribution in [0.25, 0.3) is 0 Å². The lowest BCUT2D eigenvalue weighted by Crippen LogP contribution is -2.30. The molecule has 1 aliphatic heterocycles. The first-order valence-corrected chi connectivity index (χ1v) is 6.21. The highest BCUT2D eigenvalue weighted by Gasteiger charge is 2.34. The van der Waals surface area contributed by atoms with Crippen LogP contribution >= 0.6 is 0 Å². The molecule has 0 spiro atoms. The van der Waals surface area contributed by atoms with Crippen LogP contribution in [0.15, 0.2) is 18.2 Å². The Balaban J connectivity index is 2.08. The monoisotopic (exact) mass is 274 g/mol. The summed E-state index contributed by atoms with van der Waals surface area (Å²) in [7, 11) is 0. The lowest BCUT2D eigenvalue weighted by atomic mass is 10.1. The number of hydrogen-bond acceptors (Lipinski definition) is 4. The second-order valence-corrected chi connectivity index (χ2v) is 4.63. The number of hydrogen-bond donors (Lipinski definition) is 2. The third kappa shape index (κ3) is 2.78. The molecular weight excluding hydrogens is 260 g/mol. The van der Waals surface area contributed by atoms with Crippen molar-refractivity contribution in [2.75, 3.05) is 5.32 Å². The van der Waals surface area contributed by atoms with Gasteiger partial charge >= 0.3 is 5.97 Å². The highest BCUT2D eigenvalue weighted by molar-refractivity contribution is 5.96. The summed E-state index contributed by atoms with van der Waals surface area (Å²) in [4.78, 5) is 22.8. The number of nitrogens with zero attached hydrogens (tertiary/aromatic N) is 1. The quantitative estimate of drug-likeness (QED) is 0.868. The fraction of sp³-hybridized carbons (Fsp3) is 0.357. The molecule has 6 heteroatoms. The molecule has 1 heterocycles. The smallest absolute Gasteiger partial charge is 0.332 e. The normalized spacial score (nSPS) is 21.2. The first kappa shape index (κ1) is 14.0. The zero-order chi connectivity index (χ0) is 14.7. The number of aliphatic carboxylic acids is 1. The van der Waals surface area contributed by atoms with E-state index in [1.165, 1.54) is 0 Å². The van der Waals surface area contributed by atoms with E-state index in [-0.39, 0.29) is 0 Å². The Bertz CT molecular complexity index is 591. The molecule has 0 aromatic heterocycles. The molecule has 0 saturated carbocycles. The summed E-state index contributed by atoms with van der Waals surface area (Å²) < 4.78 is 5.17. The Labute approximate surface area is 116 Å². The van der Waals surface area contributed by atoms with Crippen molar-refractivity contribution < 1.29 is 19.4 Å². The van der Waals surface area contributed by atoms with E-state index >= 15 is 0 Å². The van der Waals surface area contributed by atoms with Gasteiger partial charge in [0, 0.05) is 0 Å². The average molecular weight is 274 g/mol. The number of anilines is 1. The molecule has 2 atom stereocenters. The van der Waals surface area contributed by atoms with Gasteiger partial charge in [-0.3, -0.25) is 4.79 Å². The number of nitriles is 1. The van der Waals surface area contributed by atoms with Gasteiger partial charge in [-0.25, -0.2) is 4.79 Å². The molecule has 1 fully saturated rings. The molecule has 20 heavy (non-hydrogen) atoms. The highest BCUT2D eigenvalue weighted by atomic mass is 16.5. The molecule has 0 unspecified atom stereocenters. The van der Waals surface area contributed by atoms with Gasteiger partial charge in [0.25, 0.3) is 5.91 Å². The van der Waals surface area contributed by atoms with Crippen molar-refractivity contribution in [1.82, 2.24) is 0 Å². The molecule has 2 N–H and O–H groups in total. The van der Waals surface area contributed by atoms with Crippen LogP contribution in [0, 0.1) is 18.3 Å². The Morgan fingerprint density at radius 1 is 1.40 bits per heavy atom. The Morgan fingerprint density at radius 3 is 2.70 bits per heavy atom. The highest BCUT2D eigenvalue weighted by Crippen LogP contribution is 2.23.